The Balaban J connectivity index is 0.000000992. The minimum atomic E-state index is 0.212. The van der Waals surface area contributed by atoms with Crippen LogP contribution >= 0.6 is 0 Å². The molecule has 0 radical (unpaired) electrons. The van der Waals surface area contributed by atoms with Gasteiger partial charge in [-0.2, -0.15) is 0 Å². The highest BCUT2D eigenvalue weighted by Gasteiger charge is 2.19. The van der Waals surface area contributed by atoms with Crippen LogP contribution in [0.15, 0.2) is 42.0 Å². The highest BCUT2D eigenvalue weighted by atomic mass is 16.1. The summed E-state index contributed by atoms with van der Waals surface area (Å²) >= 11 is 0. The molecule has 172 valence electrons. The molecule has 2 nitrogen and oxygen atoms in total. The molecule has 0 spiro atoms. The van der Waals surface area contributed by atoms with E-state index in [-0.39, 0.29) is 6.04 Å². The van der Waals surface area contributed by atoms with E-state index in [9.17, 15) is 4.79 Å². The molecule has 0 saturated heterocycles. The van der Waals surface area contributed by atoms with Gasteiger partial charge in [-0.15, -0.1) is 0 Å². The molecule has 0 aromatic heterocycles. The largest absolute Gasteiger partial charge is 0.328 e. The topological polar surface area (TPSA) is 43.1 Å². The fourth-order valence-corrected chi connectivity index (χ4v) is 3.73. The number of fused-ring (bicyclic) bond motifs is 1. The van der Waals surface area contributed by atoms with Crippen LogP contribution in [0.5, 0.6) is 0 Å². The highest BCUT2D eigenvalue weighted by molar-refractivity contribution is 5.75. The van der Waals surface area contributed by atoms with Gasteiger partial charge in [-0.3, -0.25) is 0 Å². The first-order chi connectivity index (χ1) is 14.9. The zero-order chi connectivity index (χ0) is 24.0. The second-order valence-corrected chi connectivity index (χ2v) is 7.73. The summed E-state index contributed by atoms with van der Waals surface area (Å²) in [5.41, 5.74) is 17.6. The van der Waals surface area contributed by atoms with Crippen LogP contribution in [0.25, 0.3) is 5.57 Å². The average molecular weight is 424 g/mol. The molecule has 2 aromatic rings. The van der Waals surface area contributed by atoms with E-state index in [1.807, 2.05) is 34.6 Å². The number of aldehydes is 1. The Morgan fingerprint density at radius 1 is 0.935 bits per heavy atom. The second kappa shape index (κ2) is 15.6. The van der Waals surface area contributed by atoms with Gasteiger partial charge in [0.25, 0.3) is 0 Å². The van der Waals surface area contributed by atoms with Crippen molar-refractivity contribution in [3.05, 3.63) is 75.4 Å². The van der Waals surface area contributed by atoms with E-state index in [4.69, 9.17) is 5.73 Å². The standard InChI is InChI=1S/C22H27N.C3H6O.2C2H6/c1-14-7-5-6-8-21(14)22-13-20-12-18(11-17(4)23)15(2)9-19(20)10-16(22)3;1-2-3-4;2*1-2/h5-9,12,17H,10-11,13,23H2,1-4H3;3H,2H2,1H3;2*1-2H3. The number of benzene rings is 2. The van der Waals surface area contributed by atoms with Gasteiger partial charge in [0.2, 0.25) is 0 Å². The van der Waals surface area contributed by atoms with Gasteiger partial charge in [-0.05, 0) is 85.9 Å². The first kappa shape index (κ1) is 28.8. The van der Waals surface area contributed by atoms with Crippen molar-refractivity contribution < 1.29 is 4.79 Å². The van der Waals surface area contributed by atoms with Gasteiger partial charge in [-0.1, -0.05) is 76.6 Å². The summed E-state index contributed by atoms with van der Waals surface area (Å²) in [6, 6.07) is 13.7. The number of rotatable bonds is 4. The van der Waals surface area contributed by atoms with Crippen LogP contribution < -0.4 is 5.73 Å². The van der Waals surface area contributed by atoms with Gasteiger partial charge in [0.1, 0.15) is 6.29 Å². The van der Waals surface area contributed by atoms with Gasteiger partial charge >= 0.3 is 0 Å². The Morgan fingerprint density at radius 3 is 2.00 bits per heavy atom. The number of allylic oxidation sites excluding steroid dienone is 2. The Labute approximate surface area is 192 Å². The van der Waals surface area contributed by atoms with E-state index in [1.165, 1.54) is 44.5 Å². The number of aryl methyl sites for hydroxylation is 2. The van der Waals surface area contributed by atoms with Crippen LogP contribution in [0.2, 0.25) is 0 Å². The Bertz CT molecular complexity index is 831. The minimum Gasteiger partial charge on any atom is -0.328 e. The van der Waals surface area contributed by atoms with Crippen LogP contribution in [0.3, 0.4) is 0 Å². The predicted octanol–water partition coefficient (Wildman–Crippen LogP) is 7.41. The molecule has 3 rings (SSSR count). The van der Waals surface area contributed by atoms with Crippen molar-refractivity contribution in [3.8, 4) is 0 Å². The summed E-state index contributed by atoms with van der Waals surface area (Å²) in [7, 11) is 0. The van der Waals surface area contributed by atoms with Crippen molar-refractivity contribution in [1.82, 2.24) is 0 Å². The van der Waals surface area contributed by atoms with E-state index in [1.54, 1.807) is 0 Å². The lowest BCUT2D eigenvalue weighted by atomic mass is 9.80. The van der Waals surface area contributed by atoms with Gasteiger partial charge in [-0.25, -0.2) is 0 Å². The zero-order valence-corrected chi connectivity index (χ0v) is 21.4. The van der Waals surface area contributed by atoms with E-state index >= 15 is 0 Å². The molecular weight excluding hydrogens is 378 g/mol. The Morgan fingerprint density at radius 2 is 1.48 bits per heavy atom. The third-order valence-electron chi connectivity index (χ3n) is 5.17. The molecule has 0 heterocycles. The van der Waals surface area contributed by atoms with Crippen molar-refractivity contribution in [1.29, 1.82) is 0 Å². The fraction of sp³-hybridized carbons (Fsp3) is 0.483. The van der Waals surface area contributed by atoms with Gasteiger partial charge in [0.15, 0.2) is 0 Å². The average Bonchev–Trinajstić information content (AvgIpc) is 2.77. The maximum absolute atomic E-state index is 9.17. The smallest absolute Gasteiger partial charge is 0.119 e. The maximum Gasteiger partial charge on any atom is 0.119 e. The van der Waals surface area contributed by atoms with Gasteiger partial charge in [0.05, 0.1) is 0 Å². The summed E-state index contributed by atoms with van der Waals surface area (Å²) in [5, 5.41) is 0. The maximum atomic E-state index is 9.17. The van der Waals surface area contributed by atoms with Crippen LogP contribution in [0, 0.1) is 13.8 Å². The minimum absolute atomic E-state index is 0.212. The first-order valence-electron chi connectivity index (χ1n) is 11.9. The molecule has 0 amide bonds. The lowest BCUT2D eigenvalue weighted by molar-refractivity contribution is -0.107. The van der Waals surface area contributed by atoms with Crippen molar-refractivity contribution in [2.45, 2.75) is 94.0 Å². The molecule has 2 aromatic carbocycles. The fourth-order valence-electron chi connectivity index (χ4n) is 3.73. The number of hydrogen-bond acceptors (Lipinski definition) is 2. The predicted molar refractivity (Wildman–Crippen MR) is 139 cm³/mol. The van der Waals surface area contributed by atoms with Crippen molar-refractivity contribution >= 4 is 11.9 Å². The lowest BCUT2D eigenvalue weighted by Crippen LogP contribution is -2.19. The summed E-state index contributed by atoms with van der Waals surface area (Å²) in [5.74, 6) is 0. The Hall–Kier alpha value is -2.19. The summed E-state index contributed by atoms with van der Waals surface area (Å²) in [6.07, 6.45) is 4.58. The molecule has 0 bridgehead atoms. The quantitative estimate of drug-likeness (QED) is 0.520. The molecule has 2 N–H and O–H groups in total. The highest BCUT2D eigenvalue weighted by Crippen LogP contribution is 2.34. The number of hydrogen-bond donors (Lipinski definition) is 1. The van der Waals surface area contributed by atoms with Crippen LogP contribution in [0.1, 0.15) is 88.3 Å². The molecule has 1 unspecified atom stereocenters. The van der Waals surface area contributed by atoms with Crippen LogP contribution in [0.4, 0.5) is 0 Å². The third-order valence-corrected chi connectivity index (χ3v) is 5.17. The normalized spacial score (nSPS) is 12.7. The summed E-state index contributed by atoms with van der Waals surface area (Å²) in [6.45, 7) is 18.6. The molecule has 0 saturated carbocycles. The van der Waals surface area contributed by atoms with Crippen LogP contribution in [-0.4, -0.2) is 12.3 Å². The van der Waals surface area contributed by atoms with Crippen molar-refractivity contribution in [2.24, 2.45) is 5.73 Å². The molecular formula is C29H45NO. The number of carbonyl (C=O) groups is 1. The van der Waals surface area contributed by atoms with E-state index < -0.39 is 0 Å². The summed E-state index contributed by atoms with van der Waals surface area (Å²) < 4.78 is 0. The first-order valence-corrected chi connectivity index (χ1v) is 11.9. The third kappa shape index (κ3) is 8.83. The molecule has 0 fully saturated rings. The molecule has 2 heteroatoms. The zero-order valence-electron chi connectivity index (χ0n) is 21.4. The van der Waals surface area contributed by atoms with E-state index in [0.717, 1.165) is 25.5 Å². The van der Waals surface area contributed by atoms with Crippen LogP contribution in [-0.2, 0) is 24.1 Å². The Kier molecular flexibility index (Phi) is 14.5. The van der Waals surface area contributed by atoms with Crippen molar-refractivity contribution in [3.63, 3.8) is 0 Å². The van der Waals surface area contributed by atoms with Crippen molar-refractivity contribution in [2.75, 3.05) is 0 Å². The number of carbonyl (C=O) groups excluding carboxylic acids is 1. The molecule has 31 heavy (non-hydrogen) atoms. The molecule has 0 aliphatic heterocycles. The monoisotopic (exact) mass is 423 g/mol. The van der Waals surface area contributed by atoms with E-state index in [0.29, 0.717) is 6.42 Å². The van der Waals surface area contributed by atoms with E-state index in [2.05, 4.69) is 64.1 Å². The lowest BCUT2D eigenvalue weighted by Gasteiger charge is -2.25. The molecule has 1 aliphatic rings. The SMILES string of the molecule is CC.CC.CC1=C(c2ccccc2C)Cc2cc(CC(C)N)c(C)cc2C1.CCC=O. The summed E-state index contributed by atoms with van der Waals surface area (Å²) in [4.78, 5) is 9.17. The van der Waals surface area contributed by atoms with Gasteiger partial charge in [0, 0.05) is 12.5 Å². The second-order valence-electron chi connectivity index (χ2n) is 7.73. The number of nitrogens with two attached hydrogens (primary N) is 1. The molecule has 1 aliphatic carbocycles. The van der Waals surface area contributed by atoms with Gasteiger partial charge < -0.3 is 10.5 Å². The molecule has 1 atom stereocenters.